The lowest BCUT2D eigenvalue weighted by molar-refractivity contribution is -0.384. The molecule has 9 heteroatoms. The fourth-order valence-corrected chi connectivity index (χ4v) is 4.35. The van der Waals surface area contributed by atoms with Gasteiger partial charge in [0, 0.05) is 43.6 Å². The number of amides is 1. The monoisotopic (exact) mass is 462 g/mol. The van der Waals surface area contributed by atoms with Gasteiger partial charge >= 0.3 is 0 Å². The van der Waals surface area contributed by atoms with Crippen molar-refractivity contribution in [2.45, 2.75) is 6.42 Å². The molecule has 0 radical (unpaired) electrons. The Labute approximate surface area is 194 Å². The molecule has 0 unspecified atom stereocenters. The Kier molecular flexibility index (Phi) is 6.92. The molecule has 4 rings (SSSR count). The van der Waals surface area contributed by atoms with Crippen LogP contribution in [0.1, 0.15) is 20.9 Å². The summed E-state index contributed by atoms with van der Waals surface area (Å²) in [6.07, 6.45) is 0.700. The van der Waals surface area contributed by atoms with E-state index in [2.05, 4.69) is 21.7 Å². The van der Waals surface area contributed by atoms with Gasteiger partial charge in [0.25, 0.3) is 11.6 Å². The number of fused-ring (bicyclic) bond motifs is 1. The predicted molar refractivity (Wildman–Crippen MR) is 130 cm³/mol. The van der Waals surface area contributed by atoms with Gasteiger partial charge in [-0.25, -0.2) is 4.98 Å². The van der Waals surface area contributed by atoms with Crippen molar-refractivity contribution in [3.05, 3.63) is 93.0 Å². The summed E-state index contributed by atoms with van der Waals surface area (Å²) >= 11 is 1.67. The van der Waals surface area contributed by atoms with Crippen LogP contribution in [-0.2, 0) is 11.2 Å². The highest BCUT2D eigenvalue weighted by atomic mass is 32.1. The van der Waals surface area contributed by atoms with Gasteiger partial charge in [-0.3, -0.25) is 14.9 Å². The van der Waals surface area contributed by atoms with Gasteiger partial charge in [0.15, 0.2) is 0 Å². The van der Waals surface area contributed by atoms with E-state index < -0.39 is 10.8 Å². The zero-order chi connectivity index (χ0) is 23.2. The molecule has 0 fully saturated rings. The molecule has 0 spiro atoms. The molecule has 0 saturated carbocycles. The van der Waals surface area contributed by atoms with Gasteiger partial charge in [-0.05, 0) is 35.9 Å². The quantitative estimate of drug-likeness (QED) is 0.203. The minimum Gasteiger partial charge on any atom is -0.383 e. The number of ether oxygens (including phenoxy) is 1. The van der Waals surface area contributed by atoms with Crippen LogP contribution in [0.2, 0.25) is 0 Å². The standard InChI is InChI=1S/C24H22N4O4S/c1-32-13-12-25-20-11-10-18(28(30)31)15-19(20)24(29)26-17-8-6-16(7-9-17)14-23-27-21-4-2-3-5-22(21)33-23/h2-11,15,25H,12-14H2,1H3,(H,26,29). The number of hydrogen-bond donors (Lipinski definition) is 2. The number of carbonyl (C=O) groups is 1. The molecule has 1 aromatic heterocycles. The summed E-state index contributed by atoms with van der Waals surface area (Å²) in [6.45, 7) is 0.906. The van der Waals surface area contributed by atoms with Gasteiger partial charge in [0.1, 0.15) is 0 Å². The molecule has 168 valence electrons. The fourth-order valence-electron chi connectivity index (χ4n) is 3.35. The Morgan fingerprint density at radius 3 is 2.64 bits per heavy atom. The summed E-state index contributed by atoms with van der Waals surface area (Å²) in [7, 11) is 1.58. The van der Waals surface area contributed by atoms with E-state index in [0.717, 1.165) is 20.8 Å². The molecule has 8 nitrogen and oxygen atoms in total. The number of para-hydroxylation sites is 1. The van der Waals surface area contributed by atoms with Crippen molar-refractivity contribution in [3.8, 4) is 0 Å². The van der Waals surface area contributed by atoms with Crippen LogP contribution in [0.5, 0.6) is 0 Å². The second kappa shape index (κ2) is 10.2. The van der Waals surface area contributed by atoms with E-state index in [9.17, 15) is 14.9 Å². The molecule has 0 aliphatic heterocycles. The van der Waals surface area contributed by atoms with E-state index in [1.54, 1.807) is 18.4 Å². The summed E-state index contributed by atoms with van der Waals surface area (Å²) in [5, 5.41) is 18.1. The molecule has 33 heavy (non-hydrogen) atoms. The number of anilines is 2. The molecule has 2 N–H and O–H groups in total. The molecular formula is C24H22N4O4S. The minimum atomic E-state index is -0.521. The van der Waals surface area contributed by atoms with Crippen molar-refractivity contribution in [1.29, 1.82) is 0 Å². The number of thiazole rings is 1. The van der Waals surface area contributed by atoms with Gasteiger partial charge in [-0.1, -0.05) is 24.3 Å². The average molecular weight is 463 g/mol. The van der Waals surface area contributed by atoms with Crippen molar-refractivity contribution in [2.24, 2.45) is 0 Å². The summed E-state index contributed by atoms with van der Waals surface area (Å²) < 4.78 is 6.17. The zero-order valence-corrected chi connectivity index (χ0v) is 18.7. The molecular weight excluding hydrogens is 440 g/mol. The van der Waals surface area contributed by atoms with E-state index in [1.807, 2.05) is 42.5 Å². The number of rotatable bonds is 9. The molecule has 0 bridgehead atoms. The van der Waals surface area contributed by atoms with Crippen molar-refractivity contribution in [1.82, 2.24) is 4.98 Å². The van der Waals surface area contributed by atoms with Gasteiger partial charge in [-0.2, -0.15) is 0 Å². The molecule has 0 aliphatic rings. The van der Waals surface area contributed by atoms with E-state index in [-0.39, 0.29) is 11.3 Å². The highest BCUT2D eigenvalue weighted by Crippen LogP contribution is 2.25. The molecule has 0 atom stereocenters. The number of hydrogen-bond acceptors (Lipinski definition) is 7. The van der Waals surface area contributed by atoms with Gasteiger partial charge < -0.3 is 15.4 Å². The second-order valence-electron chi connectivity index (χ2n) is 7.31. The Bertz CT molecular complexity index is 1250. The molecule has 3 aromatic carbocycles. The number of nitro benzene ring substituents is 1. The third kappa shape index (κ3) is 5.51. The maximum Gasteiger partial charge on any atom is 0.270 e. The first-order valence-electron chi connectivity index (χ1n) is 10.3. The Balaban J connectivity index is 1.47. The van der Waals surface area contributed by atoms with Crippen molar-refractivity contribution in [2.75, 3.05) is 30.9 Å². The lowest BCUT2D eigenvalue weighted by atomic mass is 10.1. The highest BCUT2D eigenvalue weighted by molar-refractivity contribution is 7.18. The molecule has 0 aliphatic carbocycles. The fraction of sp³-hybridized carbons (Fsp3) is 0.167. The highest BCUT2D eigenvalue weighted by Gasteiger charge is 2.17. The third-order valence-electron chi connectivity index (χ3n) is 4.99. The minimum absolute atomic E-state index is 0.149. The number of aromatic nitrogens is 1. The van der Waals surface area contributed by atoms with Crippen LogP contribution >= 0.6 is 11.3 Å². The first-order valence-corrected chi connectivity index (χ1v) is 11.1. The number of methoxy groups -OCH3 is 1. The number of nitrogens with one attached hydrogen (secondary N) is 2. The molecule has 4 aromatic rings. The third-order valence-corrected chi connectivity index (χ3v) is 6.02. The van der Waals surface area contributed by atoms with E-state index in [1.165, 1.54) is 18.2 Å². The maximum absolute atomic E-state index is 12.9. The van der Waals surface area contributed by atoms with Crippen LogP contribution < -0.4 is 10.6 Å². The van der Waals surface area contributed by atoms with Crippen LogP contribution in [0.15, 0.2) is 66.7 Å². The smallest absolute Gasteiger partial charge is 0.270 e. The van der Waals surface area contributed by atoms with E-state index in [0.29, 0.717) is 30.9 Å². The number of carbonyl (C=O) groups excluding carboxylic acids is 1. The van der Waals surface area contributed by atoms with E-state index in [4.69, 9.17) is 4.74 Å². The van der Waals surface area contributed by atoms with Crippen molar-refractivity contribution in [3.63, 3.8) is 0 Å². The van der Waals surface area contributed by atoms with E-state index >= 15 is 0 Å². The van der Waals surface area contributed by atoms with Crippen LogP contribution in [0.3, 0.4) is 0 Å². The molecule has 0 saturated heterocycles. The van der Waals surface area contributed by atoms with Crippen LogP contribution in [0.25, 0.3) is 10.2 Å². The van der Waals surface area contributed by atoms with Crippen LogP contribution in [-0.4, -0.2) is 36.1 Å². The van der Waals surface area contributed by atoms with Gasteiger partial charge in [-0.15, -0.1) is 11.3 Å². The summed E-state index contributed by atoms with van der Waals surface area (Å²) in [5.74, 6) is -0.433. The number of nitrogens with zero attached hydrogens (tertiary/aromatic N) is 2. The Hall–Kier alpha value is -3.82. The number of non-ortho nitro benzene ring substituents is 1. The first-order chi connectivity index (χ1) is 16.0. The SMILES string of the molecule is COCCNc1ccc([N+](=O)[O-])cc1C(=O)Nc1ccc(Cc2nc3ccccc3s2)cc1. The Morgan fingerprint density at radius 2 is 1.91 bits per heavy atom. The van der Waals surface area contributed by atoms with Crippen LogP contribution in [0, 0.1) is 10.1 Å². The lowest BCUT2D eigenvalue weighted by Crippen LogP contribution is -2.17. The Morgan fingerprint density at radius 1 is 1.12 bits per heavy atom. The first kappa shape index (κ1) is 22.4. The van der Waals surface area contributed by atoms with Gasteiger partial charge in [0.05, 0.1) is 32.3 Å². The predicted octanol–water partition coefficient (Wildman–Crippen LogP) is 5.11. The topological polar surface area (TPSA) is 106 Å². The van der Waals surface area contributed by atoms with Crippen LogP contribution in [0.4, 0.5) is 17.1 Å². The van der Waals surface area contributed by atoms with Gasteiger partial charge in [0.2, 0.25) is 0 Å². The zero-order valence-electron chi connectivity index (χ0n) is 17.9. The maximum atomic E-state index is 12.9. The van der Waals surface area contributed by atoms with Crippen molar-refractivity contribution >= 4 is 44.5 Å². The largest absolute Gasteiger partial charge is 0.383 e. The molecule has 1 amide bonds. The average Bonchev–Trinajstić information content (AvgIpc) is 3.23. The lowest BCUT2D eigenvalue weighted by Gasteiger charge is -2.12. The summed E-state index contributed by atoms with van der Waals surface area (Å²) in [5.41, 5.74) is 3.21. The number of benzene rings is 3. The molecule has 1 heterocycles. The number of nitro groups is 1. The normalized spacial score (nSPS) is 10.8. The van der Waals surface area contributed by atoms with Crippen molar-refractivity contribution < 1.29 is 14.5 Å². The second-order valence-corrected chi connectivity index (χ2v) is 8.42. The summed E-state index contributed by atoms with van der Waals surface area (Å²) in [4.78, 5) is 28.2. The summed E-state index contributed by atoms with van der Waals surface area (Å²) in [6, 6.07) is 19.7.